The van der Waals surface area contributed by atoms with E-state index in [1.807, 2.05) is 0 Å². The zero-order chi connectivity index (χ0) is 14.3. The molecule has 1 aliphatic heterocycles. The molecule has 3 rings (SSSR count). The van der Waals surface area contributed by atoms with Gasteiger partial charge in [0, 0.05) is 38.0 Å². The molecular weight excluding hydrogens is 282 g/mol. The van der Waals surface area contributed by atoms with Crippen molar-refractivity contribution < 1.29 is 0 Å². The Labute approximate surface area is 129 Å². The van der Waals surface area contributed by atoms with E-state index < -0.39 is 0 Å². The number of hydrogen-bond donors (Lipinski definition) is 2. The van der Waals surface area contributed by atoms with Crippen LogP contribution < -0.4 is 5.32 Å². The molecule has 1 aromatic heterocycles. The van der Waals surface area contributed by atoms with Crippen molar-refractivity contribution in [2.45, 2.75) is 24.2 Å². The highest BCUT2D eigenvalue weighted by molar-refractivity contribution is 7.99. The molecule has 1 aromatic carbocycles. The standard InChI is InChI=1S/C15H21N5S/c1-2-4-13(5-3-1)10-20-8-6-14(11-20)16-7-9-21-15-17-12-18-19-15/h1-5,12,14,16H,6-11H2,(H,17,18,19)/t14-/m0/s1. The predicted octanol–water partition coefficient (Wildman–Crippen LogP) is 1.76. The van der Waals surface area contributed by atoms with Gasteiger partial charge in [0.1, 0.15) is 6.33 Å². The molecule has 112 valence electrons. The number of benzene rings is 1. The monoisotopic (exact) mass is 303 g/mol. The number of H-pyrrole nitrogens is 1. The van der Waals surface area contributed by atoms with Gasteiger partial charge in [-0.2, -0.15) is 5.10 Å². The van der Waals surface area contributed by atoms with Gasteiger partial charge in [-0.25, -0.2) is 4.98 Å². The smallest absolute Gasteiger partial charge is 0.183 e. The fraction of sp³-hybridized carbons (Fsp3) is 0.467. The molecule has 0 unspecified atom stereocenters. The molecule has 0 amide bonds. The summed E-state index contributed by atoms with van der Waals surface area (Å²) >= 11 is 1.71. The maximum atomic E-state index is 4.10. The molecule has 1 aliphatic rings. The van der Waals surface area contributed by atoms with Gasteiger partial charge in [0.05, 0.1) is 0 Å². The van der Waals surface area contributed by atoms with Crippen molar-refractivity contribution in [1.29, 1.82) is 0 Å². The molecule has 2 heterocycles. The van der Waals surface area contributed by atoms with Gasteiger partial charge >= 0.3 is 0 Å². The first-order chi connectivity index (χ1) is 10.4. The van der Waals surface area contributed by atoms with Crippen LogP contribution in [0, 0.1) is 0 Å². The van der Waals surface area contributed by atoms with Crippen molar-refractivity contribution in [3.63, 3.8) is 0 Å². The summed E-state index contributed by atoms with van der Waals surface area (Å²) in [6.45, 7) is 4.39. The third-order valence-corrected chi connectivity index (χ3v) is 4.57. The number of rotatable bonds is 7. The van der Waals surface area contributed by atoms with Crippen LogP contribution in [-0.2, 0) is 6.54 Å². The van der Waals surface area contributed by atoms with E-state index >= 15 is 0 Å². The summed E-state index contributed by atoms with van der Waals surface area (Å²) in [4.78, 5) is 6.63. The molecule has 2 aromatic rings. The second-order valence-corrected chi connectivity index (χ2v) is 6.38. The molecule has 6 heteroatoms. The SMILES string of the molecule is c1ccc(CN2CC[C@H](NCCSc3ncn[nH]3)C2)cc1. The minimum absolute atomic E-state index is 0.615. The van der Waals surface area contributed by atoms with Crippen LogP contribution in [-0.4, -0.2) is 51.5 Å². The van der Waals surface area contributed by atoms with Gasteiger partial charge in [0.2, 0.25) is 0 Å². The second kappa shape index (κ2) is 7.59. The van der Waals surface area contributed by atoms with Crippen molar-refractivity contribution in [2.24, 2.45) is 0 Å². The molecule has 5 nitrogen and oxygen atoms in total. The van der Waals surface area contributed by atoms with Crippen molar-refractivity contribution in [1.82, 2.24) is 25.4 Å². The summed E-state index contributed by atoms with van der Waals surface area (Å²) < 4.78 is 0. The molecule has 0 bridgehead atoms. The highest BCUT2D eigenvalue weighted by Gasteiger charge is 2.21. The van der Waals surface area contributed by atoms with Gasteiger partial charge in [-0.05, 0) is 12.0 Å². The van der Waals surface area contributed by atoms with Crippen molar-refractivity contribution in [3.05, 3.63) is 42.2 Å². The summed E-state index contributed by atoms with van der Waals surface area (Å²) in [5.41, 5.74) is 1.40. The molecule has 1 fully saturated rings. The van der Waals surface area contributed by atoms with Crippen LogP contribution >= 0.6 is 11.8 Å². The lowest BCUT2D eigenvalue weighted by Gasteiger charge is -2.16. The second-order valence-electron chi connectivity index (χ2n) is 5.30. The van der Waals surface area contributed by atoms with Crippen molar-refractivity contribution >= 4 is 11.8 Å². The van der Waals surface area contributed by atoms with Gasteiger partial charge in [-0.3, -0.25) is 10.00 Å². The Kier molecular flexibility index (Phi) is 5.26. The van der Waals surface area contributed by atoms with Crippen LogP contribution in [0.4, 0.5) is 0 Å². The van der Waals surface area contributed by atoms with Crippen LogP contribution in [0.5, 0.6) is 0 Å². The van der Waals surface area contributed by atoms with Gasteiger partial charge in [-0.15, -0.1) is 0 Å². The third-order valence-electron chi connectivity index (χ3n) is 3.69. The third kappa shape index (κ3) is 4.56. The van der Waals surface area contributed by atoms with Gasteiger partial charge in [0.25, 0.3) is 0 Å². The molecule has 0 radical (unpaired) electrons. The lowest BCUT2D eigenvalue weighted by molar-refractivity contribution is 0.321. The molecule has 0 spiro atoms. The normalized spacial score (nSPS) is 19.1. The molecule has 0 saturated carbocycles. The highest BCUT2D eigenvalue weighted by Crippen LogP contribution is 2.14. The van der Waals surface area contributed by atoms with E-state index in [0.717, 1.165) is 30.5 Å². The van der Waals surface area contributed by atoms with Crippen molar-refractivity contribution in [3.8, 4) is 0 Å². The molecule has 2 N–H and O–H groups in total. The van der Waals surface area contributed by atoms with E-state index in [1.54, 1.807) is 18.1 Å². The summed E-state index contributed by atoms with van der Waals surface area (Å²) in [7, 11) is 0. The largest absolute Gasteiger partial charge is 0.312 e. The minimum atomic E-state index is 0.615. The maximum Gasteiger partial charge on any atom is 0.183 e. The number of nitrogens with one attached hydrogen (secondary N) is 2. The molecule has 1 saturated heterocycles. The fourth-order valence-corrected chi connectivity index (χ4v) is 3.31. The topological polar surface area (TPSA) is 56.8 Å². The summed E-state index contributed by atoms with van der Waals surface area (Å²) in [5.74, 6) is 1.02. The Hall–Kier alpha value is -1.37. The highest BCUT2D eigenvalue weighted by atomic mass is 32.2. The number of aromatic nitrogens is 3. The zero-order valence-electron chi connectivity index (χ0n) is 12.0. The van der Waals surface area contributed by atoms with Crippen LogP contribution in [0.2, 0.25) is 0 Å². The first kappa shape index (κ1) is 14.6. The quantitative estimate of drug-likeness (QED) is 0.603. The number of aromatic amines is 1. The van der Waals surface area contributed by atoms with Gasteiger partial charge < -0.3 is 5.32 Å². The number of likely N-dealkylation sites (tertiary alicyclic amines) is 1. The Morgan fingerprint density at radius 3 is 3.05 bits per heavy atom. The fourth-order valence-electron chi connectivity index (χ4n) is 2.66. The lowest BCUT2D eigenvalue weighted by Crippen LogP contribution is -2.33. The first-order valence-corrected chi connectivity index (χ1v) is 8.36. The van der Waals surface area contributed by atoms with E-state index in [9.17, 15) is 0 Å². The van der Waals surface area contributed by atoms with Gasteiger partial charge in [0.15, 0.2) is 5.16 Å². The average Bonchev–Trinajstić information content (AvgIpc) is 3.17. The first-order valence-electron chi connectivity index (χ1n) is 7.38. The molecule has 0 aliphatic carbocycles. The van der Waals surface area contributed by atoms with Crippen LogP contribution in [0.3, 0.4) is 0 Å². The Morgan fingerprint density at radius 2 is 2.24 bits per heavy atom. The molecular formula is C15H21N5S. The average molecular weight is 303 g/mol. The maximum absolute atomic E-state index is 4.10. The molecule has 1 atom stereocenters. The van der Waals surface area contributed by atoms with E-state index in [4.69, 9.17) is 0 Å². The lowest BCUT2D eigenvalue weighted by atomic mass is 10.2. The summed E-state index contributed by atoms with van der Waals surface area (Å²) in [5, 5.41) is 11.2. The van der Waals surface area contributed by atoms with Crippen molar-refractivity contribution in [2.75, 3.05) is 25.4 Å². The number of thioether (sulfide) groups is 1. The Morgan fingerprint density at radius 1 is 1.33 bits per heavy atom. The predicted molar refractivity (Wildman–Crippen MR) is 85.2 cm³/mol. The number of hydrogen-bond acceptors (Lipinski definition) is 5. The van der Waals surface area contributed by atoms with Crippen LogP contribution in [0.25, 0.3) is 0 Å². The summed E-state index contributed by atoms with van der Waals surface area (Å²) in [6, 6.07) is 11.3. The number of nitrogens with zero attached hydrogens (tertiary/aromatic N) is 3. The summed E-state index contributed by atoms with van der Waals surface area (Å²) in [6.07, 6.45) is 2.79. The van der Waals surface area contributed by atoms with E-state index in [1.165, 1.54) is 18.5 Å². The molecule has 21 heavy (non-hydrogen) atoms. The van der Waals surface area contributed by atoms with E-state index in [0.29, 0.717) is 6.04 Å². The minimum Gasteiger partial charge on any atom is -0.312 e. The van der Waals surface area contributed by atoms with E-state index in [2.05, 4.69) is 55.7 Å². The zero-order valence-corrected chi connectivity index (χ0v) is 12.9. The van der Waals surface area contributed by atoms with Crippen LogP contribution in [0.15, 0.2) is 41.8 Å². The van der Waals surface area contributed by atoms with Crippen LogP contribution in [0.1, 0.15) is 12.0 Å². The van der Waals surface area contributed by atoms with Gasteiger partial charge in [-0.1, -0.05) is 42.1 Å². The Balaban J connectivity index is 1.33. The Bertz CT molecular complexity index is 516. The van der Waals surface area contributed by atoms with E-state index in [-0.39, 0.29) is 0 Å².